The summed E-state index contributed by atoms with van der Waals surface area (Å²) in [6.45, 7) is 8.05. The second kappa shape index (κ2) is 5.31. The lowest BCUT2D eigenvalue weighted by atomic mass is 10.1. The Labute approximate surface area is 102 Å². The van der Waals surface area contributed by atoms with Crippen LogP contribution in [0.25, 0.3) is 0 Å². The average Bonchev–Trinajstić information content (AvgIpc) is 2.50. The summed E-state index contributed by atoms with van der Waals surface area (Å²) in [5, 5.41) is 16.4. The van der Waals surface area contributed by atoms with Crippen LogP contribution < -0.4 is 5.32 Å². The molecule has 1 heterocycles. The van der Waals surface area contributed by atoms with Gasteiger partial charge < -0.3 is 10.4 Å². The van der Waals surface area contributed by atoms with Gasteiger partial charge in [-0.2, -0.15) is 5.10 Å². The smallest absolute Gasteiger partial charge is 0.221 e. The number of rotatable bonds is 5. The second-order valence-corrected chi connectivity index (χ2v) is 4.99. The summed E-state index contributed by atoms with van der Waals surface area (Å²) in [6, 6.07) is 1.98. The fourth-order valence-corrected chi connectivity index (χ4v) is 1.51. The highest BCUT2D eigenvalue weighted by molar-refractivity contribution is 5.75. The standard InChI is InChI=1S/C12H21N3O2/c1-9-7-10(2)15(14-9)6-5-11(16)13-8-12(3,4)17/h7,17H,5-6,8H2,1-4H3,(H,13,16). The van der Waals surface area contributed by atoms with Gasteiger partial charge in [0.05, 0.1) is 11.3 Å². The number of aliphatic hydroxyl groups is 1. The number of nitrogens with one attached hydrogen (secondary N) is 1. The molecule has 0 fully saturated rings. The lowest BCUT2D eigenvalue weighted by Crippen LogP contribution is -2.38. The van der Waals surface area contributed by atoms with E-state index in [0.29, 0.717) is 13.0 Å². The highest BCUT2D eigenvalue weighted by Gasteiger charge is 2.13. The normalized spacial score (nSPS) is 11.6. The van der Waals surface area contributed by atoms with Crippen LogP contribution in [0.1, 0.15) is 31.7 Å². The number of nitrogens with zero attached hydrogens (tertiary/aromatic N) is 2. The third kappa shape index (κ3) is 4.99. The number of carbonyl (C=O) groups excluding carboxylic acids is 1. The summed E-state index contributed by atoms with van der Waals surface area (Å²) in [4.78, 5) is 11.5. The molecule has 0 spiro atoms. The molecule has 0 atom stereocenters. The van der Waals surface area contributed by atoms with Gasteiger partial charge in [-0.05, 0) is 33.8 Å². The molecule has 0 saturated heterocycles. The molecular weight excluding hydrogens is 218 g/mol. The summed E-state index contributed by atoms with van der Waals surface area (Å²) in [6.07, 6.45) is 0.373. The van der Waals surface area contributed by atoms with Crippen molar-refractivity contribution >= 4 is 5.91 Å². The van der Waals surface area contributed by atoms with Crippen LogP contribution in [0.5, 0.6) is 0 Å². The average molecular weight is 239 g/mol. The molecule has 0 saturated carbocycles. The van der Waals surface area contributed by atoms with Gasteiger partial charge in [-0.25, -0.2) is 0 Å². The third-order valence-corrected chi connectivity index (χ3v) is 2.37. The first-order valence-electron chi connectivity index (χ1n) is 5.78. The molecule has 17 heavy (non-hydrogen) atoms. The Hall–Kier alpha value is -1.36. The summed E-state index contributed by atoms with van der Waals surface area (Å²) in [5.74, 6) is -0.0697. The van der Waals surface area contributed by atoms with Gasteiger partial charge >= 0.3 is 0 Å². The minimum atomic E-state index is -0.867. The molecule has 1 rings (SSSR count). The van der Waals surface area contributed by atoms with Gasteiger partial charge in [0.25, 0.3) is 0 Å². The zero-order valence-corrected chi connectivity index (χ0v) is 10.9. The molecule has 1 aromatic rings. The molecule has 1 amide bonds. The quantitative estimate of drug-likeness (QED) is 0.798. The van der Waals surface area contributed by atoms with Crippen LogP contribution in [-0.2, 0) is 11.3 Å². The number of amides is 1. The van der Waals surface area contributed by atoms with Gasteiger partial charge in [0.1, 0.15) is 0 Å². The Bertz CT molecular complexity index is 391. The summed E-state index contributed by atoms with van der Waals surface area (Å²) < 4.78 is 1.82. The first-order valence-corrected chi connectivity index (χ1v) is 5.78. The Kier molecular flexibility index (Phi) is 4.28. The van der Waals surface area contributed by atoms with E-state index in [1.165, 1.54) is 0 Å². The van der Waals surface area contributed by atoms with Crippen LogP contribution in [0, 0.1) is 13.8 Å². The maximum Gasteiger partial charge on any atom is 0.221 e. The van der Waals surface area contributed by atoms with Crippen molar-refractivity contribution in [3.63, 3.8) is 0 Å². The van der Waals surface area contributed by atoms with Crippen molar-refractivity contribution in [3.05, 3.63) is 17.5 Å². The number of hydrogen-bond acceptors (Lipinski definition) is 3. The zero-order chi connectivity index (χ0) is 13.1. The predicted molar refractivity (Wildman–Crippen MR) is 65.6 cm³/mol. The summed E-state index contributed by atoms with van der Waals surface area (Å²) in [5.41, 5.74) is 1.14. The van der Waals surface area contributed by atoms with Gasteiger partial charge in [0.2, 0.25) is 5.91 Å². The van der Waals surface area contributed by atoms with E-state index in [4.69, 9.17) is 0 Å². The third-order valence-electron chi connectivity index (χ3n) is 2.37. The van der Waals surface area contributed by atoms with E-state index >= 15 is 0 Å². The molecule has 0 radical (unpaired) electrons. The van der Waals surface area contributed by atoms with E-state index in [9.17, 15) is 9.90 Å². The molecule has 0 bridgehead atoms. The van der Waals surface area contributed by atoms with Gasteiger partial charge in [-0.15, -0.1) is 0 Å². The highest BCUT2D eigenvalue weighted by Crippen LogP contribution is 2.03. The SMILES string of the molecule is Cc1cc(C)n(CCC(=O)NCC(C)(C)O)n1. The van der Waals surface area contributed by atoms with Crippen LogP contribution in [0.2, 0.25) is 0 Å². The van der Waals surface area contributed by atoms with Crippen molar-refractivity contribution in [3.8, 4) is 0 Å². The molecule has 0 aliphatic rings. The first kappa shape index (κ1) is 13.7. The molecule has 96 valence electrons. The van der Waals surface area contributed by atoms with Crippen LogP contribution >= 0.6 is 0 Å². The lowest BCUT2D eigenvalue weighted by Gasteiger charge is -2.17. The fraction of sp³-hybridized carbons (Fsp3) is 0.667. The number of aryl methyl sites for hydroxylation is 3. The number of carbonyl (C=O) groups is 1. The van der Waals surface area contributed by atoms with Crippen LogP contribution in [0.4, 0.5) is 0 Å². The van der Waals surface area contributed by atoms with Gasteiger partial charge in [0.15, 0.2) is 0 Å². The minimum absolute atomic E-state index is 0.0697. The number of hydrogen-bond donors (Lipinski definition) is 2. The monoisotopic (exact) mass is 239 g/mol. The minimum Gasteiger partial charge on any atom is -0.389 e. The Morgan fingerprint density at radius 1 is 1.53 bits per heavy atom. The van der Waals surface area contributed by atoms with Gasteiger partial charge in [-0.1, -0.05) is 0 Å². The second-order valence-electron chi connectivity index (χ2n) is 4.99. The van der Waals surface area contributed by atoms with Crippen LogP contribution in [-0.4, -0.2) is 32.9 Å². The van der Waals surface area contributed by atoms with E-state index in [-0.39, 0.29) is 12.5 Å². The maximum absolute atomic E-state index is 11.5. The van der Waals surface area contributed by atoms with Gasteiger partial charge in [-0.3, -0.25) is 9.48 Å². The maximum atomic E-state index is 11.5. The molecule has 0 aliphatic carbocycles. The Morgan fingerprint density at radius 3 is 2.65 bits per heavy atom. The molecule has 0 aromatic carbocycles. The fourth-order valence-electron chi connectivity index (χ4n) is 1.51. The summed E-state index contributed by atoms with van der Waals surface area (Å²) in [7, 11) is 0. The lowest BCUT2D eigenvalue weighted by molar-refractivity contribution is -0.122. The molecule has 1 aromatic heterocycles. The van der Waals surface area contributed by atoms with Crippen LogP contribution in [0.3, 0.4) is 0 Å². The molecule has 0 aliphatic heterocycles. The first-order chi connectivity index (χ1) is 7.78. The van der Waals surface area contributed by atoms with Crippen molar-refractivity contribution in [1.82, 2.24) is 15.1 Å². The molecule has 0 unspecified atom stereocenters. The number of aromatic nitrogens is 2. The molecular formula is C12H21N3O2. The summed E-state index contributed by atoms with van der Waals surface area (Å²) >= 11 is 0. The predicted octanol–water partition coefficient (Wildman–Crippen LogP) is 0.777. The van der Waals surface area contributed by atoms with Crippen molar-refractivity contribution in [2.24, 2.45) is 0 Å². The van der Waals surface area contributed by atoms with Crippen molar-refractivity contribution in [2.75, 3.05) is 6.54 Å². The van der Waals surface area contributed by atoms with Crippen molar-refractivity contribution in [2.45, 2.75) is 46.3 Å². The van der Waals surface area contributed by atoms with Crippen molar-refractivity contribution < 1.29 is 9.90 Å². The Balaban J connectivity index is 2.36. The highest BCUT2D eigenvalue weighted by atomic mass is 16.3. The van der Waals surface area contributed by atoms with E-state index < -0.39 is 5.60 Å². The van der Waals surface area contributed by atoms with E-state index in [1.54, 1.807) is 13.8 Å². The Morgan fingerprint density at radius 2 is 2.18 bits per heavy atom. The topological polar surface area (TPSA) is 67.2 Å². The molecule has 2 N–H and O–H groups in total. The largest absolute Gasteiger partial charge is 0.389 e. The molecule has 5 heteroatoms. The van der Waals surface area contributed by atoms with Crippen molar-refractivity contribution in [1.29, 1.82) is 0 Å². The zero-order valence-electron chi connectivity index (χ0n) is 10.9. The van der Waals surface area contributed by atoms with E-state index in [0.717, 1.165) is 11.4 Å². The van der Waals surface area contributed by atoms with Crippen LogP contribution in [0.15, 0.2) is 6.07 Å². The van der Waals surface area contributed by atoms with Gasteiger partial charge in [0, 0.05) is 25.2 Å². The van der Waals surface area contributed by atoms with E-state index in [2.05, 4.69) is 10.4 Å². The van der Waals surface area contributed by atoms with E-state index in [1.807, 2.05) is 24.6 Å². The molecule has 5 nitrogen and oxygen atoms in total.